The molecule has 1 fully saturated rings. The highest BCUT2D eigenvalue weighted by Gasteiger charge is 2.43. The van der Waals surface area contributed by atoms with E-state index < -0.39 is 168 Å². The van der Waals surface area contributed by atoms with Crippen molar-refractivity contribution in [2.45, 2.75) is 225 Å². The topological polar surface area (TPSA) is 369 Å². The number of para-hydroxylation sites is 1. The molecule has 0 aliphatic carbocycles. The largest absolute Gasteiger partial charge is 0.425 e. The molecule has 626 valence electrons. The predicted octanol–water partition coefficient (Wildman–Crippen LogP) is 5.62. The van der Waals surface area contributed by atoms with E-state index in [0.29, 0.717) is 40.2 Å². The van der Waals surface area contributed by atoms with E-state index >= 15 is 19.2 Å². The molecule has 0 aromatic heterocycles. The van der Waals surface area contributed by atoms with Gasteiger partial charge < -0.3 is 76.9 Å². The Hall–Kier alpha value is -9.39. The summed E-state index contributed by atoms with van der Waals surface area (Å²) >= 11 is 0. The number of nitrogens with zero attached hydrogens (tertiary/aromatic N) is 6. The lowest BCUT2D eigenvalue weighted by molar-refractivity contribution is -0.150. The summed E-state index contributed by atoms with van der Waals surface area (Å²) in [6.45, 7) is 22.6. The summed E-state index contributed by atoms with van der Waals surface area (Å²) in [5, 5.41) is 27.7. The lowest BCUT2D eigenvalue weighted by Crippen LogP contribution is -2.62. The molecule has 9 N–H and O–H groups in total. The number of piperidine rings is 1. The Labute approximate surface area is 680 Å². The number of likely N-dealkylation sites (tertiary alicyclic amines) is 1. The maximum absolute atomic E-state index is 15.5. The smallest absolute Gasteiger partial charge is 0.313 e. The average Bonchev–Trinajstić information content (AvgIpc) is 0.811. The summed E-state index contributed by atoms with van der Waals surface area (Å²) in [5.74, 6) is -10.1. The van der Waals surface area contributed by atoms with Gasteiger partial charge >= 0.3 is 5.97 Å². The Kier molecular flexibility index (Phi) is 38.6. The number of hydrogen-bond acceptors (Lipinski definition) is 18. The third kappa shape index (κ3) is 28.3. The lowest BCUT2D eigenvalue weighted by atomic mass is 9.96. The van der Waals surface area contributed by atoms with Crippen molar-refractivity contribution in [3.8, 4) is 5.75 Å². The summed E-state index contributed by atoms with van der Waals surface area (Å²) in [6, 6.07) is 17.3. The number of aliphatic hydroxyl groups excluding tert-OH is 1. The molecule has 4 aromatic rings. The number of esters is 1. The molecule has 114 heavy (non-hydrogen) atoms. The summed E-state index contributed by atoms with van der Waals surface area (Å²) in [7, 11) is 9.78. The summed E-state index contributed by atoms with van der Waals surface area (Å²) in [5.41, 5.74) is 8.26. The van der Waals surface area contributed by atoms with Gasteiger partial charge in [0.25, 0.3) is 0 Å². The van der Waals surface area contributed by atoms with E-state index in [-0.39, 0.29) is 55.6 Å². The first-order valence-electron chi connectivity index (χ1n) is 39.4. The molecule has 12 atom stereocenters. The number of rotatable bonds is 42. The molecule has 1 saturated heterocycles. The van der Waals surface area contributed by atoms with E-state index in [1.54, 1.807) is 150 Å². The standard InChI is InChI=1S/C84H123N13O15S2/c1-19-113-114-67-40-32-33-54(10)73(67)112-69(100)48-62(81(108)93(15)65(47-60-38-28-22-29-39-60)77(104)87-56(12)80(107)97-41-30-23-31-42-97)89-75(102)61(45-58-34-24-20-25-35-58)88-79(106)72(53(8)9)96(18)82(109)66(44-51(4)5)92(14)68(99)49-86-76(103)64(46-59-36-26-21-27-37-59)95(17)84(111)71(57(13)98)91-78(105)63(43-50(2)3)94(16)83(110)70(52(6)7)90-74(101)55(11)85/h20-22,24-29,32-40,50-53,55-57,61-66,70-72,98H,19,23,30-31,41-49,85H2,1-18H3,(H,86,103)(H,87,104)(H,88,106)(H,89,102)(H,90,101)(H,91,105)/t55-,56-,57+,61-,62-,63-,64-,65?,66-,70-,71-,72-/m0/s1. The van der Waals surface area contributed by atoms with Crippen LogP contribution < -0.4 is 42.4 Å². The van der Waals surface area contributed by atoms with Crippen molar-refractivity contribution in [1.82, 2.24) is 61.3 Å². The average molecular weight is 1620 g/mol. The Morgan fingerprint density at radius 3 is 1.48 bits per heavy atom. The first kappa shape index (κ1) is 95.2. The minimum Gasteiger partial charge on any atom is -0.425 e. The Balaban J connectivity index is 1.45. The number of carbonyl (C=O) groups excluding carboxylic acids is 13. The molecule has 30 heteroatoms. The SMILES string of the molecule is CCSSc1cccc(C)c1OC(=O)C[C@H](NC(=O)[C@H](Cc1ccccc1)NC(=O)[C@H](C(C)C)N(C)C(=O)[C@H](CC(C)C)N(C)C(=O)CNC(=O)[C@H](Cc1ccccc1)N(C)C(=O)[C@@H](NC(=O)[C@H](CC(C)C)N(C)C(=O)[C@@H](NC(=O)[C@H](C)N)C(C)C)[C@@H](C)O)C(=O)N(C)C(Cc1ccccc1)C(=O)N[C@@H](C)C(=O)N1CCCCC1. The molecule has 1 heterocycles. The van der Waals surface area contributed by atoms with Gasteiger partial charge in [-0.1, -0.05) is 187 Å². The van der Waals surface area contributed by atoms with Crippen molar-refractivity contribution < 1.29 is 72.2 Å². The molecule has 28 nitrogen and oxygen atoms in total. The first-order valence-corrected chi connectivity index (χ1v) is 41.7. The molecule has 1 aliphatic heterocycles. The van der Waals surface area contributed by atoms with Gasteiger partial charge in [-0.25, -0.2) is 0 Å². The number of benzene rings is 4. The summed E-state index contributed by atoms with van der Waals surface area (Å²) in [4.78, 5) is 198. The zero-order valence-electron chi connectivity index (χ0n) is 69.6. The molecule has 0 bridgehead atoms. The number of likely N-dealkylation sites (N-methyl/N-ethyl adjacent to an activating group) is 5. The van der Waals surface area contributed by atoms with Crippen molar-refractivity contribution in [2.24, 2.45) is 29.4 Å². The molecule has 0 radical (unpaired) electrons. The van der Waals surface area contributed by atoms with Gasteiger partial charge in [0.1, 0.15) is 66.2 Å². The third-order valence-corrected chi connectivity index (χ3v) is 22.6. The zero-order chi connectivity index (χ0) is 85.0. The monoisotopic (exact) mass is 1620 g/mol. The third-order valence-electron chi connectivity index (χ3n) is 20.2. The normalized spacial score (nSPS) is 15.4. The number of nitrogens with one attached hydrogen (secondary N) is 6. The Bertz CT molecular complexity index is 3890. The molecular weight excluding hydrogens is 1500 g/mol. The summed E-state index contributed by atoms with van der Waals surface area (Å²) < 4.78 is 6.08. The highest BCUT2D eigenvalue weighted by molar-refractivity contribution is 8.76. The van der Waals surface area contributed by atoms with Gasteiger partial charge in [0.05, 0.1) is 30.0 Å². The maximum atomic E-state index is 15.5. The second-order valence-corrected chi connectivity index (χ2v) is 33.8. The van der Waals surface area contributed by atoms with Gasteiger partial charge in [0, 0.05) is 73.3 Å². The quantitative estimate of drug-likeness (QED) is 0.0152. The number of aryl methyl sites for hydroxylation is 1. The summed E-state index contributed by atoms with van der Waals surface area (Å²) in [6.07, 6.45) is 0.145. The van der Waals surface area contributed by atoms with Crippen molar-refractivity contribution in [2.75, 3.05) is 60.6 Å². The molecule has 1 unspecified atom stereocenters. The molecule has 5 rings (SSSR count). The van der Waals surface area contributed by atoms with Crippen LogP contribution in [0, 0.1) is 30.6 Å². The molecule has 0 spiro atoms. The minimum absolute atomic E-state index is 0.0420. The predicted molar refractivity (Wildman–Crippen MR) is 441 cm³/mol. The van der Waals surface area contributed by atoms with Crippen LogP contribution in [0.4, 0.5) is 0 Å². The van der Waals surface area contributed by atoms with Crippen LogP contribution in [0.5, 0.6) is 5.75 Å². The fourth-order valence-corrected chi connectivity index (χ4v) is 15.3. The fraction of sp³-hybridized carbons (Fsp3) is 0.560. The second kappa shape index (κ2) is 46.2. The fourth-order valence-electron chi connectivity index (χ4n) is 13.5. The second-order valence-electron chi connectivity index (χ2n) is 31.2. The van der Waals surface area contributed by atoms with Crippen LogP contribution in [0.3, 0.4) is 0 Å². The van der Waals surface area contributed by atoms with Gasteiger partial charge in [-0.3, -0.25) is 62.3 Å². The highest BCUT2D eigenvalue weighted by atomic mass is 33.1. The van der Waals surface area contributed by atoms with Crippen molar-refractivity contribution in [3.63, 3.8) is 0 Å². The molecule has 1 aliphatic rings. The lowest BCUT2D eigenvalue weighted by Gasteiger charge is -2.37. The van der Waals surface area contributed by atoms with Crippen LogP contribution in [0.15, 0.2) is 114 Å². The highest BCUT2D eigenvalue weighted by Crippen LogP contribution is 2.39. The van der Waals surface area contributed by atoms with E-state index in [2.05, 4.69) is 31.9 Å². The van der Waals surface area contributed by atoms with Gasteiger partial charge in [-0.05, 0) is 112 Å². The van der Waals surface area contributed by atoms with Gasteiger partial charge in [-0.2, -0.15) is 0 Å². The van der Waals surface area contributed by atoms with Crippen LogP contribution >= 0.6 is 21.6 Å². The number of aliphatic hydroxyl groups is 1. The van der Waals surface area contributed by atoms with Crippen LogP contribution in [0.25, 0.3) is 0 Å². The first-order chi connectivity index (χ1) is 53.8. The number of carbonyl (C=O) groups is 13. The number of nitrogens with two attached hydrogens (primary N) is 1. The number of hydrogen-bond donors (Lipinski definition) is 8. The van der Waals surface area contributed by atoms with Gasteiger partial charge in [0.2, 0.25) is 70.9 Å². The minimum atomic E-state index is -1.75. The molecule has 12 amide bonds. The molecule has 4 aromatic carbocycles. The van der Waals surface area contributed by atoms with Crippen molar-refractivity contribution in [1.29, 1.82) is 0 Å². The number of ether oxygens (including phenoxy) is 1. The van der Waals surface area contributed by atoms with E-state index in [0.717, 1.165) is 39.7 Å². The van der Waals surface area contributed by atoms with Crippen LogP contribution in [-0.2, 0) is 81.6 Å². The van der Waals surface area contributed by atoms with E-state index in [9.17, 15) is 48.3 Å². The van der Waals surface area contributed by atoms with Gasteiger partial charge in [0.15, 0.2) is 0 Å². The maximum Gasteiger partial charge on any atom is 0.313 e. The van der Waals surface area contributed by atoms with Crippen LogP contribution in [0.2, 0.25) is 0 Å². The van der Waals surface area contributed by atoms with Crippen LogP contribution in [-0.4, -0.2) is 245 Å². The van der Waals surface area contributed by atoms with Crippen molar-refractivity contribution in [3.05, 3.63) is 131 Å². The molecular formula is C84H123N13O15S2. The Morgan fingerprint density at radius 2 is 0.974 bits per heavy atom. The van der Waals surface area contributed by atoms with E-state index in [4.69, 9.17) is 10.5 Å². The molecule has 0 saturated carbocycles. The van der Waals surface area contributed by atoms with E-state index in [1.165, 1.54) is 80.5 Å². The Morgan fingerprint density at radius 1 is 0.491 bits per heavy atom. The van der Waals surface area contributed by atoms with Crippen molar-refractivity contribution >= 4 is 98.4 Å². The van der Waals surface area contributed by atoms with Gasteiger partial charge in [-0.15, -0.1) is 0 Å². The van der Waals surface area contributed by atoms with E-state index in [1.807, 2.05) is 40.7 Å². The van der Waals surface area contributed by atoms with Crippen LogP contribution in [0.1, 0.15) is 144 Å². The zero-order valence-corrected chi connectivity index (χ0v) is 71.2. The number of amides is 12.